The molecule has 1 aromatic carbocycles. The maximum atomic E-state index is 8.93. The van der Waals surface area contributed by atoms with Crippen molar-refractivity contribution in [2.45, 2.75) is 19.8 Å². The van der Waals surface area contributed by atoms with E-state index in [2.05, 4.69) is 6.07 Å². The molecule has 0 aromatic heterocycles. The monoisotopic (exact) mass is 239 g/mol. The summed E-state index contributed by atoms with van der Waals surface area (Å²) in [6.45, 7) is 2.01. The van der Waals surface area contributed by atoms with Crippen molar-refractivity contribution in [1.29, 1.82) is 5.26 Å². The Bertz CT molecular complexity index is 416. The van der Waals surface area contributed by atoms with Crippen molar-refractivity contribution in [3.63, 3.8) is 0 Å². The summed E-state index contributed by atoms with van der Waals surface area (Å²) < 4.78 is 0. The van der Waals surface area contributed by atoms with Gasteiger partial charge >= 0.3 is 0 Å². The Kier molecular flexibility index (Phi) is 4.68. The maximum absolute atomic E-state index is 8.93. The lowest BCUT2D eigenvalue weighted by Gasteiger charge is -2.03. The van der Waals surface area contributed by atoms with Crippen LogP contribution in [0.4, 0.5) is 0 Å². The molecule has 15 heavy (non-hydrogen) atoms. The van der Waals surface area contributed by atoms with E-state index in [0.717, 1.165) is 12.0 Å². The predicted octanol–water partition coefficient (Wildman–Crippen LogP) is 4.61. The minimum Gasteiger partial charge on any atom is -0.193 e. The first-order chi connectivity index (χ1) is 7.19. The van der Waals surface area contributed by atoms with E-state index in [4.69, 9.17) is 28.5 Å². The number of hydrogen-bond donors (Lipinski definition) is 0. The third-order valence-corrected chi connectivity index (χ3v) is 2.66. The Hall–Kier alpha value is -0.970. The van der Waals surface area contributed by atoms with Crippen molar-refractivity contribution in [3.05, 3.63) is 40.4 Å². The van der Waals surface area contributed by atoms with Crippen LogP contribution in [0.15, 0.2) is 29.8 Å². The summed E-state index contributed by atoms with van der Waals surface area (Å²) in [5, 5.41) is 10.1. The molecular formula is C12H11Cl2N. The van der Waals surface area contributed by atoms with Crippen LogP contribution in [0.2, 0.25) is 5.02 Å². The first-order valence-electron chi connectivity index (χ1n) is 4.73. The van der Waals surface area contributed by atoms with Gasteiger partial charge in [-0.3, -0.25) is 0 Å². The Morgan fingerprint density at radius 2 is 2.20 bits per heavy atom. The highest BCUT2D eigenvalue weighted by Gasteiger charge is 2.06. The molecule has 3 heteroatoms. The molecular weight excluding hydrogens is 229 g/mol. The summed E-state index contributed by atoms with van der Waals surface area (Å²) in [6.07, 6.45) is 1.60. The first-order valence-corrected chi connectivity index (χ1v) is 5.49. The van der Waals surface area contributed by atoms with E-state index in [-0.39, 0.29) is 0 Å². The number of halogens is 2. The number of nitrogens with zero attached hydrogens (tertiary/aromatic N) is 1. The second kappa shape index (κ2) is 5.80. The molecule has 0 aliphatic rings. The van der Waals surface area contributed by atoms with Gasteiger partial charge in [0, 0.05) is 10.6 Å². The highest BCUT2D eigenvalue weighted by Crippen LogP contribution is 2.27. The minimum atomic E-state index is 0.502. The molecule has 0 bridgehead atoms. The third kappa shape index (κ3) is 3.27. The zero-order chi connectivity index (χ0) is 11.3. The summed E-state index contributed by atoms with van der Waals surface area (Å²) in [5.74, 6) is 0. The molecule has 0 atom stereocenters. The topological polar surface area (TPSA) is 23.8 Å². The van der Waals surface area contributed by atoms with Gasteiger partial charge in [0.05, 0.1) is 11.1 Å². The Balaban J connectivity index is 3.11. The maximum Gasteiger partial charge on any atom is 0.0962 e. The standard InChI is InChI=1S/C12H11Cl2N/c1-2-4-10(8-15)12(14)9-5-3-6-11(13)7-9/h3,5-7H,2,4H2,1H3. The van der Waals surface area contributed by atoms with E-state index >= 15 is 0 Å². The molecule has 1 aromatic rings. The van der Waals surface area contributed by atoms with Gasteiger partial charge in [-0.1, -0.05) is 48.7 Å². The smallest absolute Gasteiger partial charge is 0.0962 e. The summed E-state index contributed by atoms with van der Waals surface area (Å²) in [4.78, 5) is 0. The van der Waals surface area contributed by atoms with Gasteiger partial charge in [0.15, 0.2) is 0 Å². The van der Waals surface area contributed by atoms with E-state index in [9.17, 15) is 0 Å². The second-order valence-corrected chi connectivity index (χ2v) is 3.98. The molecule has 0 heterocycles. The molecule has 0 fully saturated rings. The van der Waals surface area contributed by atoms with Crippen LogP contribution in [0.3, 0.4) is 0 Å². The molecule has 0 amide bonds. The summed E-state index contributed by atoms with van der Waals surface area (Å²) in [6, 6.07) is 9.33. The molecule has 1 nitrogen and oxygen atoms in total. The summed E-state index contributed by atoms with van der Waals surface area (Å²) >= 11 is 12.0. The number of rotatable bonds is 3. The average Bonchev–Trinajstić information content (AvgIpc) is 2.25. The number of nitriles is 1. The Morgan fingerprint density at radius 3 is 2.73 bits per heavy atom. The SMILES string of the molecule is CCCC(C#N)=C(Cl)c1cccc(Cl)c1. The van der Waals surface area contributed by atoms with Crippen LogP contribution < -0.4 is 0 Å². The minimum absolute atomic E-state index is 0.502. The molecule has 1 rings (SSSR count). The van der Waals surface area contributed by atoms with Gasteiger partial charge in [0.2, 0.25) is 0 Å². The lowest BCUT2D eigenvalue weighted by atomic mass is 10.1. The van der Waals surface area contributed by atoms with Crippen molar-refractivity contribution >= 4 is 28.2 Å². The van der Waals surface area contributed by atoms with Crippen molar-refractivity contribution < 1.29 is 0 Å². The fourth-order valence-corrected chi connectivity index (χ4v) is 1.71. The van der Waals surface area contributed by atoms with Crippen LogP contribution in [0.5, 0.6) is 0 Å². The lowest BCUT2D eigenvalue weighted by Crippen LogP contribution is -1.85. The molecule has 0 N–H and O–H groups in total. The number of allylic oxidation sites excluding steroid dienone is 1. The highest BCUT2D eigenvalue weighted by molar-refractivity contribution is 6.49. The number of benzene rings is 1. The van der Waals surface area contributed by atoms with Gasteiger partial charge < -0.3 is 0 Å². The number of hydrogen-bond acceptors (Lipinski definition) is 1. The van der Waals surface area contributed by atoms with Gasteiger partial charge in [-0.15, -0.1) is 0 Å². The van der Waals surface area contributed by atoms with E-state index in [0.29, 0.717) is 22.0 Å². The predicted molar refractivity (Wildman–Crippen MR) is 64.7 cm³/mol. The average molecular weight is 240 g/mol. The van der Waals surface area contributed by atoms with E-state index in [1.807, 2.05) is 19.1 Å². The van der Waals surface area contributed by atoms with Crippen LogP contribution in [-0.2, 0) is 0 Å². The molecule has 0 unspecified atom stereocenters. The van der Waals surface area contributed by atoms with E-state index < -0.39 is 0 Å². The summed E-state index contributed by atoms with van der Waals surface area (Å²) in [5.41, 5.74) is 1.41. The van der Waals surface area contributed by atoms with E-state index in [1.165, 1.54) is 0 Å². The third-order valence-electron chi connectivity index (χ3n) is 1.98. The van der Waals surface area contributed by atoms with Gasteiger partial charge in [-0.25, -0.2) is 0 Å². The molecule has 0 aliphatic heterocycles. The zero-order valence-corrected chi connectivity index (χ0v) is 9.94. The van der Waals surface area contributed by atoms with Gasteiger partial charge in [0.25, 0.3) is 0 Å². The van der Waals surface area contributed by atoms with Crippen LogP contribution >= 0.6 is 23.2 Å². The van der Waals surface area contributed by atoms with Gasteiger partial charge in [-0.2, -0.15) is 5.26 Å². The van der Waals surface area contributed by atoms with Crippen molar-refractivity contribution in [3.8, 4) is 6.07 Å². The van der Waals surface area contributed by atoms with Crippen molar-refractivity contribution in [1.82, 2.24) is 0 Å². The van der Waals surface area contributed by atoms with E-state index in [1.54, 1.807) is 12.1 Å². The molecule has 78 valence electrons. The summed E-state index contributed by atoms with van der Waals surface area (Å²) in [7, 11) is 0. The fraction of sp³-hybridized carbons (Fsp3) is 0.250. The highest BCUT2D eigenvalue weighted by atomic mass is 35.5. The lowest BCUT2D eigenvalue weighted by molar-refractivity contribution is 0.933. The van der Waals surface area contributed by atoms with Crippen molar-refractivity contribution in [2.24, 2.45) is 0 Å². The van der Waals surface area contributed by atoms with Crippen LogP contribution in [0, 0.1) is 11.3 Å². The van der Waals surface area contributed by atoms with Crippen LogP contribution in [-0.4, -0.2) is 0 Å². The first kappa shape index (κ1) is 12.1. The van der Waals surface area contributed by atoms with Crippen LogP contribution in [0.1, 0.15) is 25.3 Å². The largest absolute Gasteiger partial charge is 0.193 e. The van der Waals surface area contributed by atoms with Crippen molar-refractivity contribution in [2.75, 3.05) is 0 Å². The fourth-order valence-electron chi connectivity index (χ4n) is 1.26. The van der Waals surface area contributed by atoms with Gasteiger partial charge in [-0.05, 0) is 24.1 Å². The normalized spacial score (nSPS) is 11.9. The zero-order valence-electron chi connectivity index (χ0n) is 8.43. The molecule has 0 aliphatic carbocycles. The molecule has 0 spiro atoms. The van der Waals surface area contributed by atoms with Crippen LogP contribution in [0.25, 0.3) is 5.03 Å². The quantitative estimate of drug-likeness (QED) is 0.707. The molecule has 0 saturated carbocycles. The molecule has 0 saturated heterocycles. The molecule has 0 radical (unpaired) electrons. The Labute approximate surface area is 99.9 Å². The second-order valence-electron chi connectivity index (χ2n) is 3.16. The Morgan fingerprint density at radius 1 is 1.47 bits per heavy atom. The van der Waals surface area contributed by atoms with Gasteiger partial charge in [0.1, 0.15) is 0 Å².